The molecule has 0 saturated heterocycles. The molecule has 6 heteroatoms. The van der Waals surface area contributed by atoms with Crippen molar-refractivity contribution in [3.05, 3.63) is 47.2 Å². The molecule has 0 spiro atoms. The van der Waals surface area contributed by atoms with Crippen LogP contribution in [0.2, 0.25) is 0 Å². The molecule has 4 N–H and O–H groups in total. The Morgan fingerprint density at radius 2 is 2.21 bits per heavy atom. The Hall–Kier alpha value is -2.34. The zero-order valence-corrected chi connectivity index (χ0v) is 10.6. The monoisotopic (exact) mass is 260 g/mol. The molecule has 0 aliphatic carbocycles. The van der Waals surface area contributed by atoms with Gasteiger partial charge in [-0.2, -0.15) is 5.10 Å². The van der Waals surface area contributed by atoms with Crippen LogP contribution in [0.15, 0.2) is 30.3 Å². The third kappa shape index (κ3) is 3.56. The summed E-state index contributed by atoms with van der Waals surface area (Å²) in [5.41, 5.74) is 7.87. The van der Waals surface area contributed by atoms with Gasteiger partial charge in [-0.3, -0.25) is 9.89 Å². The average Bonchev–Trinajstić information content (AvgIpc) is 2.84. The minimum atomic E-state index is -0.235. The summed E-state index contributed by atoms with van der Waals surface area (Å²) in [6, 6.07) is 9.34. The molecular weight excluding hydrogens is 244 g/mol. The molecule has 19 heavy (non-hydrogen) atoms. The number of benzene rings is 1. The van der Waals surface area contributed by atoms with Crippen LogP contribution in [0.5, 0.6) is 0 Å². The summed E-state index contributed by atoms with van der Waals surface area (Å²) in [6.07, 6.45) is 0. The number of nitrogens with two attached hydrogens (primary N) is 1. The van der Waals surface area contributed by atoms with Gasteiger partial charge in [0.05, 0.1) is 6.61 Å². The minimum Gasteiger partial charge on any atom is -0.382 e. The maximum absolute atomic E-state index is 11.8. The van der Waals surface area contributed by atoms with Crippen LogP contribution in [0, 0.1) is 0 Å². The van der Waals surface area contributed by atoms with E-state index in [9.17, 15) is 4.79 Å². The first kappa shape index (κ1) is 13.1. The Kier molecular flexibility index (Phi) is 4.15. The van der Waals surface area contributed by atoms with Crippen LogP contribution in [0.3, 0.4) is 0 Å². The average molecular weight is 260 g/mol. The van der Waals surface area contributed by atoms with Gasteiger partial charge < -0.3 is 15.8 Å². The lowest BCUT2D eigenvalue weighted by Gasteiger charge is -2.06. The van der Waals surface area contributed by atoms with E-state index < -0.39 is 0 Å². The molecule has 100 valence electrons. The van der Waals surface area contributed by atoms with Gasteiger partial charge >= 0.3 is 0 Å². The number of methoxy groups -OCH3 is 1. The van der Waals surface area contributed by atoms with E-state index in [1.54, 1.807) is 7.11 Å². The van der Waals surface area contributed by atoms with Crippen LogP contribution < -0.4 is 11.1 Å². The summed E-state index contributed by atoms with van der Waals surface area (Å²) >= 11 is 0. The van der Waals surface area contributed by atoms with Crippen LogP contribution in [0.25, 0.3) is 0 Å². The van der Waals surface area contributed by atoms with Gasteiger partial charge in [-0.05, 0) is 11.1 Å². The standard InChI is InChI=1S/C13H16N4O2/c1-19-8-10-4-2-3-9(5-10)7-15-13(18)11-6-12(14)17-16-11/h2-6H,7-8H2,1H3,(H,15,18)(H3,14,16,17). The normalized spacial score (nSPS) is 10.4. The highest BCUT2D eigenvalue weighted by atomic mass is 16.5. The first-order valence-electron chi connectivity index (χ1n) is 5.85. The van der Waals surface area contributed by atoms with Crippen LogP contribution in [0.1, 0.15) is 21.6 Å². The number of hydrogen-bond donors (Lipinski definition) is 3. The van der Waals surface area contributed by atoms with Crippen molar-refractivity contribution in [3.63, 3.8) is 0 Å². The number of hydrogen-bond acceptors (Lipinski definition) is 4. The van der Waals surface area contributed by atoms with Crippen molar-refractivity contribution in [2.24, 2.45) is 0 Å². The highest BCUT2D eigenvalue weighted by Gasteiger charge is 2.08. The third-order valence-electron chi connectivity index (χ3n) is 2.60. The predicted molar refractivity (Wildman–Crippen MR) is 71.3 cm³/mol. The van der Waals surface area contributed by atoms with E-state index in [0.717, 1.165) is 11.1 Å². The molecule has 0 saturated carbocycles. The van der Waals surface area contributed by atoms with Crippen LogP contribution in [0.4, 0.5) is 5.82 Å². The van der Waals surface area contributed by atoms with E-state index in [2.05, 4.69) is 15.5 Å². The number of nitrogens with zero attached hydrogens (tertiary/aromatic N) is 1. The smallest absolute Gasteiger partial charge is 0.269 e. The maximum atomic E-state index is 11.8. The van der Waals surface area contributed by atoms with Crippen molar-refractivity contribution in [2.45, 2.75) is 13.2 Å². The zero-order valence-electron chi connectivity index (χ0n) is 10.6. The molecule has 2 aromatic rings. The molecule has 0 atom stereocenters. The summed E-state index contributed by atoms with van der Waals surface area (Å²) in [5.74, 6) is 0.0635. The molecule has 6 nitrogen and oxygen atoms in total. The Morgan fingerprint density at radius 1 is 1.42 bits per heavy atom. The van der Waals surface area contributed by atoms with Crippen molar-refractivity contribution in [1.82, 2.24) is 15.5 Å². The van der Waals surface area contributed by atoms with Gasteiger partial charge in [0.25, 0.3) is 5.91 Å². The number of aromatic nitrogens is 2. The molecule has 0 unspecified atom stereocenters. The highest BCUT2D eigenvalue weighted by molar-refractivity contribution is 5.92. The molecule has 0 aliphatic rings. The van der Waals surface area contributed by atoms with Crippen molar-refractivity contribution >= 4 is 11.7 Å². The molecular formula is C13H16N4O2. The maximum Gasteiger partial charge on any atom is 0.269 e. The van der Waals surface area contributed by atoms with Crippen molar-refractivity contribution in [1.29, 1.82) is 0 Å². The number of rotatable bonds is 5. The first-order valence-corrected chi connectivity index (χ1v) is 5.85. The van der Waals surface area contributed by atoms with E-state index in [1.165, 1.54) is 6.07 Å². The fourth-order valence-electron chi connectivity index (χ4n) is 1.73. The molecule has 0 aliphatic heterocycles. The third-order valence-corrected chi connectivity index (χ3v) is 2.60. The van der Waals surface area contributed by atoms with E-state index in [0.29, 0.717) is 24.7 Å². The molecule has 1 aromatic heterocycles. The number of carbonyl (C=O) groups is 1. The fraction of sp³-hybridized carbons (Fsp3) is 0.231. The summed E-state index contributed by atoms with van der Waals surface area (Å²) in [6.45, 7) is 0.994. The van der Waals surface area contributed by atoms with Crippen molar-refractivity contribution in [3.8, 4) is 0 Å². The van der Waals surface area contributed by atoms with Crippen molar-refractivity contribution in [2.75, 3.05) is 12.8 Å². The van der Waals surface area contributed by atoms with Gasteiger partial charge in [0, 0.05) is 19.7 Å². The van der Waals surface area contributed by atoms with Crippen molar-refractivity contribution < 1.29 is 9.53 Å². The Bertz CT molecular complexity index is 565. The van der Waals surface area contributed by atoms with E-state index in [1.807, 2.05) is 24.3 Å². The quantitative estimate of drug-likeness (QED) is 0.749. The molecule has 1 amide bonds. The van der Waals surface area contributed by atoms with Gasteiger partial charge in [-0.15, -0.1) is 0 Å². The summed E-state index contributed by atoms with van der Waals surface area (Å²) in [4.78, 5) is 11.8. The minimum absolute atomic E-state index is 0.235. The number of anilines is 1. The number of aromatic amines is 1. The summed E-state index contributed by atoms with van der Waals surface area (Å²) in [5, 5.41) is 9.06. The van der Waals surface area contributed by atoms with E-state index in [-0.39, 0.29) is 5.91 Å². The molecule has 1 heterocycles. The molecule has 0 fully saturated rings. The molecule has 0 bridgehead atoms. The lowest BCUT2D eigenvalue weighted by atomic mass is 10.1. The summed E-state index contributed by atoms with van der Waals surface area (Å²) in [7, 11) is 1.65. The summed E-state index contributed by atoms with van der Waals surface area (Å²) < 4.78 is 5.07. The number of H-pyrrole nitrogens is 1. The second-order valence-electron chi connectivity index (χ2n) is 4.14. The molecule has 2 rings (SSSR count). The second-order valence-corrected chi connectivity index (χ2v) is 4.14. The van der Waals surface area contributed by atoms with Crippen LogP contribution >= 0.6 is 0 Å². The topological polar surface area (TPSA) is 93.0 Å². The van der Waals surface area contributed by atoms with E-state index in [4.69, 9.17) is 10.5 Å². The highest BCUT2D eigenvalue weighted by Crippen LogP contribution is 2.07. The first-order chi connectivity index (χ1) is 9.19. The number of nitrogen functional groups attached to an aromatic ring is 1. The van der Waals surface area contributed by atoms with Gasteiger partial charge in [0.15, 0.2) is 0 Å². The van der Waals surface area contributed by atoms with Crippen LogP contribution in [-0.2, 0) is 17.9 Å². The number of nitrogens with one attached hydrogen (secondary N) is 2. The number of amides is 1. The second kappa shape index (κ2) is 6.01. The van der Waals surface area contributed by atoms with Gasteiger partial charge in [-0.25, -0.2) is 0 Å². The largest absolute Gasteiger partial charge is 0.382 e. The van der Waals surface area contributed by atoms with E-state index >= 15 is 0 Å². The van der Waals surface area contributed by atoms with Crippen LogP contribution in [-0.4, -0.2) is 23.2 Å². The zero-order chi connectivity index (χ0) is 13.7. The molecule has 0 radical (unpaired) electrons. The fourth-order valence-corrected chi connectivity index (χ4v) is 1.73. The Labute approximate surface area is 111 Å². The Balaban J connectivity index is 1.95. The molecule has 1 aromatic carbocycles. The Morgan fingerprint density at radius 3 is 2.89 bits per heavy atom. The number of ether oxygens (including phenoxy) is 1. The van der Waals surface area contributed by atoms with Gasteiger partial charge in [0.1, 0.15) is 11.5 Å². The predicted octanol–water partition coefficient (Wildman–Crippen LogP) is 1.07. The van der Waals surface area contributed by atoms with Gasteiger partial charge in [0.2, 0.25) is 0 Å². The lowest BCUT2D eigenvalue weighted by molar-refractivity contribution is 0.0946. The SMILES string of the molecule is COCc1cccc(CNC(=O)c2cc(N)n[nH]2)c1. The lowest BCUT2D eigenvalue weighted by Crippen LogP contribution is -2.23. The number of carbonyl (C=O) groups excluding carboxylic acids is 1. The van der Waals surface area contributed by atoms with Gasteiger partial charge in [-0.1, -0.05) is 24.3 Å².